The van der Waals surface area contributed by atoms with Crippen molar-refractivity contribution in [2.45, 2.75) is 24.7 Å². The van der Waals surface area contributed by atoms with Crippen molar-refractivity contribution in [3.8, 4) is 11.1 Å². The molecule has 1 aliphatic heterocycles. The molecule has 0 aliphatic carbocycles. The minimum absolute atomic E-state index is 0.390. The molecular weight excluding hydrogens is 294 g/mol. The van der Waals surface area contributed by atoms with E-state index in [0.717, 1.165) is 24.0 Å². The van der Waals surface area contributed by atoms with E-state index in [0.29, 0.717) is 23.9 Å². The lowest BCUT2D eigenvalue weighted by molar-refractivity contribution is 0.288. The minimum atomic E-state index is -3.35. The maximum absolute atomic E-state index is 12.7. The molecule has 3 nitrogen and oxygen atoms in total. The zero-order chi connectivity index (χ0) is 15.6. The molecule has 0 unspecified atom stereocenters. The fourth-order valence-corrected chi connectivity index (χ4v) is 4.29. The molecule has 0 bridgehead atoms. The van der Waals surface area contributed by atoms with Gasteiger partial charge in [-0.05, 0) is 42.0 Å². The topological polar surface area (TPSA) is 37.4 Å². The van der Waals surface area contributed by atoms with Gasteiger partial charge in [-0.15, -0.1) is 0 Å². The molecule has 1 heterocycles. The zero-order valence-electron chi connectivity index (χ0n) is 12.8. The third kappa shape index (κ3) is 3.08. The summed E-state index contributed by atoms with van der Waals surface area (Å²) in [5.74, 6) is 0.618. The predicted molar refractivity (Wildman–Crippen MR) is 89.0 cm³/mol. The van der Waals surface area contributed by atoms with Crippen molar-refractivity contribution in [2.24, 2.45) is 5.92 Å². The van der Waals surface area contributed by atoms with Crippen molar-refractivity contribution in [3.05, 3.63) is 54.6 Å². The summed E-state index contributed by atoms with van der Waals surface area (Å²) < 4.78 is 27.0. The SMILES string of the molecule is CC1CCN(S(=O)(=O)c2ccc(-c3ccccc3)cc2)CC1. The number of hydrogen-bond acceptors (Lipinski definition) is 2. The van der Waals surface area contributed by atoms with E-state index in [4.69, 9.17) is 0 Å². The van der Waals surface area contributed by atoms with Gasteiger partial charge in [0.15, 0.2) is 0 Å². The number of sulfonamides is 1. The quantitative estimate of drug-likeness (QED) is 0.864. The second-order valence-corrected chi connectivity index (χ2v) is 7.91. The molecule has 0 spiro atoms. The van der Waals surface area contributed by atoms with Crippen molar-refractivity contribution in [1.82, 2.24) is 4.31 Å². The summed E-state index contributed by atoms with van der Waals surface area (Å²) in [6, 6.07) is 17.2. The Hall–Kier alpha value is -1.65. The van der Waals surface area contributed by atoms with Gasteiger partial charge in [0.25, 0.3) is 0 Å². The third-order valence-electron chi connectivity index (χ3n) is 4.34. The van der Waals surface area contributed by atoms with Crippen LogP contribution >= 0.6 is 0 Å². The van der Waals surface area contributed by atoms with Crippen molar-refractivity contribution in [3.63, 3.8) is 0 Å². The molecule has 0 atom stereocenters. The molecule has 0 N–H and O–H groups in total. The van der Waals surface area contributed by atoms with Gasteiger partial charge in [-0.25, -0.2) is 8.42 Å². The second kappa shape index (κ2) is 6.23. The molecule has 2 aromatic carbocycles. The highest BCUT2D eigenvalue weighted by molar-refractivity contribution is 7.89. The first-order valence-corrected chi connectivity index (χ1v) is 9.17. The number of hydrogen-bond donors (Lipinski definition) is 0. The van der Waals surface area contributed by atoms with Crippen LogP contribution in [0.25, 0.3) is 11.1 Å². The predicted octanol–water partition coefficient (Wildman–Crippen LogP) is 3.77. The van der Waals surface area contributed by atoms with Gasteiger partial charge in [0.2, 0.25) is 10.0 Å². The van der Waals surface area contributed by atoms with Gasteiger partial charge >= 0.3 is 0 Å². The van der Waals surface area contributed by atoms with E-state index in [1.165, 1.54) is 0 Å². The van der Waals surface area contributed by atoms with Crippen LogP contribution in [0.1, 0.15) is 19.8 Å². The number of benzene rings is 2. The lowest BCUT2D eigenvalue weighted by atomic mass is 10.0. The van der Waals surface area contributed by atoms with Crippen LogP contribution in [-0.2, 0) is 10.0 Å². The molecule has 1 saturated heterocycles. The molecule has 1 fully saturated rings. The van der Waals surface area contributed by atoms with E-state index in [1.54, 1.807) is 16.4 Å². The molecule has 0 aromatic heterocycles. The van der Waals surface area contributed by atoms with E-state index < -0.39 is 10.0 Å². The van der Waals surface area contributed by atoms with Gasteiger partial charge in [0.05, 0.1) is 4.90 Å². The monoisotopic (exact) mass is 315 g/mol. The highest BCUT2D eigenvalue weighted by Gasteiger charge is 2.27. The van der Waals surface area contributed by atoms with Gasteiger partial charge in [0, 0.05) is 13.1 Å². The summed E-state index contributed by atoms with van der Waals surface area (Å²) in [5, 5.41) is 0. The fraction of sp³-hybridized carbons (Fsp3) is 0.333. The van der Waals surface area contributed by atoms with Crippen LogP contribution in [0.4, 0.5) is 0 Å². The first-order chi connectivity index (χ1) is 10.6. The summed E-state index contributed by atoms with van der Waals surface area (Å²) in [5.41, 5.74) is 2.13. The average Bonchev–Trinajstić information content (AvgIpc) is 2.56. The number of piperidine rings is 1. The summed E-state index contributed by atoms with van der Waals surface area (Å²) in [7, 11) is -3.35. The standard InChI is InChI=1S/C18H21NO2S/c1-15-11-13-19(14-12-15)22(20,21)18-9-7-17(8-10-18)16-5-3-2-4-6-16/h2-10,15H,11-14H2,1H3. The van der Waals surface area contributed by atoms with Gasteiger partial charge in [-0.2, -0.15) is 4.31 Å². The molecule has 0 radical (unpaired) electrons. The third-order valence-corrected chi connectivity index (χ3v) is 6.25. The number of rotatable bonds is 3. The van der Waals surface area contributed by atoms with E-state index in [-0.39, 0.29) is 0 Å². The highest BCUT2D eigenvalue weighted by Crippen LogP contribution is 2.25. The van der Waals surface area contributed by atoms with Gasteiger partial charge in [0.1, 0.15) is 0 Å². The summed E-state index contributed by atoms with van der Waals surface area (Å²) in [4.78, 5) is 0.390. The summed E-state index contributed by atoms with van der Waals surface area (Å²) >= 11 is 0. The minimum Gasteiger partial charge on any atom is -0.207 e. The Morgan fingerprint density at radius 1 is 0.864 bits per heavy atom. The van der Waals surface area contributed by atoms with Crippen molar-refractivity contribution in [2.75, 3.05) is 13.1 Å². The molecule has 4 heteroatoms. The maximum Gasteiger partial charge on any atom is 0.243 e. The Morgan fingerprint density at radius 2 is 1.41 bits per heavy atom. The molecule has 0 saturated carbocycles. The van der Waals surface area contributed by atoms with Crippen LogP contribution in [0.3, 0.4) is 0 Å². The zero-order valence-corrected chi connectivity index (χ0v) is 13.6. The Morgan fingerprint density at radius 3 is 2.00 bits per heavy atom. The van der Waals surface area contributed by atoms with Gasteiger partial charge in [-0.3, -0.25) is 0 Å². The Labute approximate surface area is 132 Å². The van der Waals surface area contributed by atoms with E-state index in [9.17, 15) is 8.42 Å². The van der Waals surface area contributed by atoms with Crippen molar-refractivity contribution < 1.29 is 8.42 Å². The van der Waals surface area contributed by atoms with Crippen molar-refractivity contribution >= 4 is 10.0 Å². The highest BCUT2D eigenvalue weighted by atomic mass is 32.2. The Kier molecular flexibility index (Phi) is 4.32. The van der Waals surface area contributed by atoms with Crippen LogP contribution in [-0.4, -0.2) is 25.8 Å². The normalized spacial score (nSPS) is 17.5. The van der Waals surface area contributed by atoms with Crippen LogP contribution < -0.4 is 0 Å². The van der Waals surface area contributed by atoms with Crippen LogP contribution in [0, 0.1) is 5.92 Å². The van der Waals surface area contributed by atoms with E-state index in [2.05, 4.69) is 6.92 Å². The molecule has 1 aliphatic rings. The second-order valence-electron chi connectivity index (χ2n) is 5.98. The largest absolute Gasteiger partial charge is 0.243 e. The van der Waals surface area contributed by atoms with Gasteiger partial charge < -0.3 is 0 Å². The van der Waals surface area contributed by atoms with Crippen LogP contribution in [0.2, 0.25) is 0 Å². The molecular formula is C18H21NO2S. The Balaban J connectivity index is 1.83. The van der Waals surface area contributed by atoms with E-state index >= 15 is 0 Å². The maximum atomic E-state index is 12.7. The molecule has 2 aromatic rings. The van der Waals surface area contributed by atoms with Crippen molar-refractivity contribution in [1.29, 1.82) is 0 Å². The molecule has 116 valence electrons. The lowest BCUT2D eigenvalue weighted by Crippen LogP contribution is -2.37. The first kappa shape index (κ1) is 15.3. The Bertz CT molecular complexity index is 715. The number of nitrogens with zero attached hydrogens (tertiary/aromatic N) is 1. The van der Waals surface area contributed by atoms with E-state index in [1.807, 2.05) is 42.5 Å². The molecule has 0 amide bonds. The molecule has 22 heavy (non-hydrogen) atoms. The summed E-state index contributed by atoms with van der Waals surface area (Å²) in [6.45, 7) is 3.44. The molecule has 3 rings (SSSR count). The van der Waals surface area contributed by atoms with Gasteiger partial charge in [-0.1, -0.05) is 49.4 Å². The first-order valence-electron chi connectivity index (χ1n) is 7.73. The van der Waals surface area contributed by atoms with Crippen LogP contribution in [0.5, 0.6) is 0 Å². The van der Waals surface area contributed by atoms with Crippen LogP contribution in [0.15, 0.2) is 59.5 Å². The fourth-order valence-electron chi connectivity index (χ4n) is 2.82. The summed E-state index contributed by atoms with van der Waals surface area (Å²) in [6.07, 6.45) is 1.89. The lowest BCUT2D eigenvalue weighted by Gasteiger charge is -2.29. The smallest absolute Gasteiger partial charge is 0.207 e. The average molecular weight is 315 g/mol.